The van der Waals surface area contributed by atoms with Crippen LogP contribution >= 0.6 is 0 Å². The molecule has 1 aliphatic rings. The first-order valence-corrected chi connectivity index (χ1v) is 4.50. The van der Waals surface area contributed by atoms with Crippen molar-refractivity contribution in [2.24, 2.45) is 0 Å². The van der Waals surface area contributed by atoms with Crippen molar-refractivity contribution < 1.29 is 0 Å². The molecule has 0 unspecified atom stereocenters. The van der Waals surface area contributed by atoms with Gasteiger partial charge in [-0.2, -0.15) is 0 Å². The smallest absolute Gasteiger partial charge is 0.0476 e. The molecule has 1 fully saturated rings. The summed E-state index contributed by atoms with van der Waals surface area (Å²) in [5, 5.41) is 3.36. The molecule has 1 aromatic rings. The minimum absolute atomic E-state index is 0.645. The SMILES string of the molecule is Cc1cccnc1[C@H]1CCNC1. The van der Waals surface area contributed by atoms with E-state index in [-0.39, 0.29) is 0 Å². The summed E-state index contributed by atoms with van der Waals surface area (Å²) in [7, 11) is 0. The highest BCUT2D eigenvalue weighted by Crippen LogP contribution is 2.22. The number of aromatic nitrogens is 1. The molecule has 1 atom stereocenters. The van der Waals surface area contributed by atoms with Crippen LogP contribution in [0.4, 0.5) is 0 Å². The summed E-state index contributed by atoms with van der Waals surface area (Å²) in [6, 6.07) is 4.14. The minimum atomic E-state index is 0.645. The van der Waals surface area contributed by atoms with Gasteiger partial charge >= 0.3 is 0 Å². The van der Waals surface area contributed by atoms with Crippen LogP contribution in [-0.2, 0) is 0 Å². The lowest BCUT2D eigenvalue weighted by Crippen LogP contribution is -2.09. The van der Waals surface area contributed by atoms with Crippen LogP contribution in [0.2, 0.25) is 0 Å². The normalized spacial score (nSPS) is 22.9. The third-order valence-corrected chi connectivity index (χ3v) is 2.50. The Morgan fingerprint density at radius 1 is 1.58 bits per heavy atom. The number of aryl methyl sites for hydroxylation is 1. The molecule has 0 amide bonds. The fourth-order valence-electron chi connectivity index (χ4n) is 1.81. The second-order valence-electron chi connectivity index (χ2n) is 3.40. The Morgan fingerprint density at radius 2 is 2.50 bits per heavy atom. The maximum Gasteiger partial charge on any atom is 0.0476 e. The maximum absolute atomic E-state index is 4.42. The van der Waals surface area contributed by atoms with Gasteiger partial charge in [-0.25, -0.2) is 0 Å². The molecule has 64 valence electrons. The van der Waals surface area contributed by atoms with Crippen molar-refractivity contribution >= 4 is 0 Å². The van der Waals surface area contributed by atoms with Crippen molar-refractivity contribution in [2.75, 3.05) is 13.1 Å². The van der Waals surface area contributed by atoms with Crippen LogP contribution in [0.5, 0.6) is 0 Å². The maximum atomic E-state index is 4.42. The lowest BCUT2D eigenvalue weighted by Gasteiger charge is -2.09. The summed E-state index contributed by atoms with van der Waals surface area (Å²) < 4.78 is 0. The Bertz CT molecular complexity index is 264. The molecule has 0 saturated carbocycles. The largest absolute Gasteiger partial charge is 0.316 e. The Hall–Kier alpha value is -0.890. The van der Waals surface area contributed by atoms with E-state index in [0.717, 1.165) is 13.1 Å². The molecule has 1 aromatic heterocycles. The average molecular weight is 162 g/mol. The number of hydrogen-bond acceptors (Lipinski definition) is 2. The van der Waals surface area contributed by atoms with Crippen LogP contribution in [0, 0.1) is 6.92 Å². The first-order valence-electron chi connectivity index (χ1n) is 4.50. The zero-order valence-corrected chi connectivity index (χ0v) is 7.38. The summed E-state index contributed by atoms with van der Waals surface area (Å²) in [6.45, 7) is 4.37. The highest BCUT2D eigenvalue weighted by Gasteiger charge is 2.18. The van der Waals surface area contributed by atoms with E-state index < -0.39 is 0 Å². The van der Waals surface area contributed by atoms with Gasteiger partial charge in [0, 0.05) is 24.4 Å². The highest BCUT2D eigenvalue weighted by atomic mass is 14.9. The van der Waals surface area contributed by atoms with Gasteiger partial charge in [0.05, 0.1) is 0 Å². The van der Waals surface area contributed by atoms with Crippen molar-refractivity contribution in [1.29, 1.82) is 0 Å². The van der Waals surface area contributed by atoms with Crippen LogP contribution in [-0.4, -0.2) is 18.1 Å². The third kappa shape index (κ3) is 1.34. The standard InChI is InChI=1S/C10H14N2/c1-8-3-2-5-12-10(8)9-4-6-11-7-9/h2-3,5,9,11H,4,6-7H2,1H3/t9-/m0/s1. The molecule has 2 heterocycles. The van der Waals surface area contributed by atoms with Crippen LogP contribution in [0.3, 0.4) is 0 Å². The monoisotopic (exact) mass is 162 g/mol. The molecule has 0 radical (unpaired) electrons. The van der Waals surface area contributed by atoms with Crippen LogP contribution < -0.4 is 5.32 Å². The van der Waals surface area contributed by atoms with Crippen molar-refractivity contribution in [2.45, 2.75) is 19.3 Å². The van der Waals surface area contributed by atoms with Gasteiger partial charge in [0.25, 0.3) is 0 Å². The summed E-state index contributed by atoms with van der Waals surface area (Å²) in [4.78, 5) is 4.42. The molecule has 2 nitrogen and oxygen atoms in total. The zero-order valence-electron chi connectivity index (χ0n) is 7.38. The van der Waals surface area contributed by atoms with Gasteiger partial charge < -0.3 is 5.32 Å². The Balaban J connectivity index is 2.26. The first kappa shape index (κ1) is 7.74. The summed E-state index contributed by atoms with van der Waals surface area (Å²) in [6.07, 6.45) is 3.12. The molecule has 2 rings (SSSR count). The summed E-state index contributed by atoms with van der Waals surface area (Å²) in [5.41, 5.74) is 2.61. The van der Waals surface area contributed by atoms with Gasteiger partial charge in [0.15, 0.2) is 0 Å². The molecule has 0 aliphatic carbocycles. The third-order valence-electron chi connectivity index (χ3n) is 2.50. The molecule has 0 aromatic carbocycles. The lowest BCUT2D eigenvalue weighted by molar-refractivity contribution is 0.728. The second-order valence-corrected chi connectivity index (χ2v) is 3.40. The molecule has 1 N–H and O–H groups in total. The van der Waals surface area contributed by atoms with Gasteiger partial charge in [0.1, 0.15) is 0 Å². The summed E-state index contributed by atoms with van der Waals surface area (Å²) >= 11 is 0. The van der Waals surface area contributed by atoms with Crippen molar-refractivity contribution in [3.63, 3.8) is 0 Å². The van der Waals surface area contributed by atoms with Gasteiger partial charge in [0.2, 0.25) is 0 Å². The second kappa shape index (κ2) is 3.23. The van der Waals surface area contributed by atoms with Crippen LogP contribution in [0.25, 0.3) is 0 Å². The summed E-state index contributed by atoms with van der Waals surface area (Å²) in [5.74, 6) is 0.645. The minimum Gasteiger partial charge on any atom is -0.316 e. The average Bonchev–Trinajstić information content (AvgIpc) is 2.57. The molecule has 1 saturated heterocycles. The predicted molar refractivity (Wildman–Crippen MR) is 49.2 cm³/mol. The predicted octanol–water partition coefficient (Wildman–Crippen LogP) is 1.47. The van der Waals surface area contributed by atoms with Crippen molar-refractivity contribution in [3.05, 3.63) is 29.6 Å². The van der Waals surface area contributed by atoms with Gasteiger partial charge in [-0.05, 0) is 31.5 Å². The number of nitrogens with one attached hydrogen (secondary N) is 1. The van der Waals surface area contributed by atoms with Gasteiger partial charge in [-0.15, -0.1) is 0 Å². The molecular weight excluding hydrogens is 148 g/mol. The molecule has 2 heteroatoms. The van der Waals surface area contributed by atoms with E-state index in [0.29, 0.717) is 5.92 Å². The zero-order chi connectivity index (χ0) is 8.39. The van der Waals surface area contributed by atoms with E-state index in [1.54, 1.807) is 0 Å². The number of pyridine rings is 1. The molecule has 0 spiro atoms. The number of rotatable bonds is 1. The van der Waals surface area contributed by atoms with Crippen molar-refractivity contribution in [1.82, 2.24) is 10.3 Å². The Labute approximate surface area is 73.0 Å². The van der Waals surface area contributed by atoms with E-state index in [1.807, 2.05) is 12.3 Å². The number of hydrogen-bond donors (Lipinski definition) is 1. The number of nitrogens with zero attached hydrogens (tertiary/aromatic N) is 1. The Kier molecular flexibility index (Phi) is 2.09. The first-order chi connectivity index (χ1) is 5.88. The van der Waals surface area contributed by atoms with E-state index in [4.69, 9.17) is 0 Å². The molecular formula is C10H14N2. The highest BCUT2D eigenvalue weighted by molar-refractivity contribution is 5.22. The van der Waals surface area contributed by atoms with Gasteiger partial charge in [-0.3, -0.25) is 4.98 Å². The Morgan fingerprint density at radius 3 is 3.17 bits per heavy atom. The van der Waals surface area contributed by atoms with E-state index in [2.05, 4.69) is 23.3 Å². The van der Waals surface area contributed by atoms with E-state index in [9.17, 15) is 0 Å². The molecule has 0 bridgehead atoms. The topological polar surface area (TPSA) is 24.9 Å². The quantitative estimate of drug-likeness (QED) is 0.676. The van der Waals surface area contributed by atoms with E-state index in [1.165, 1.54) is 17.7 Å². The molecule has 1 aliphatic heterocycles. The van der Waals surface area contributed by atoms with Crippen LogP contribution in [0.1, 0.15) is 23.6 Å². The lowest BCUT2D eigenvalue weighted by atomic mass is 10.0. The fraction of sp³-hybridized carbons (Fsp3) is 0.500. The van der Waals surface area contributed by atoms with Crippen LogP contribution in [0.15, 0.2) is 18.3 Å². The fourth-order valence-corrected chi connectivity index (χ4v) is 1.81. The molecule has 12 heavy (non-hydrogen) atoms. The van der Waals surface area contributed by atoms with E-state index >= 15 is 0 Å². The van der Waals surface area contributed by atoms with Gasteiger partial charge in [-0.1, -0.05) is 6.07 Å². The van der Waals surface area contributed by atoms with Crippen molar-refractivity contribution in [3.8, 4) is 0 Å².